The smallest absolute Gasteiger partial charge is 0.223 e. The molecule has 1 fully saturated rings. The van der Waals surface area contributed by atoms with Crippen molar-refractivity contribution in [3.63, 3.8) is 0 Å². The monoisotopic (exact) mass is 293 g/mol. The Morgan fingerprint density at radius 1 is 1.43 bits per heavy atom. The van der Waals surface area contributed by atoms with Crippen molar-refractivity contribution in [1.29, 1.82) is 0 Å². The molecule has 0 aromatic heterocycles. The van der Waals surface area contributed by atoms with Crippen LogP contribution in [0.1, 0.15) is 18.9 Å². The van der Waals surface area contributed by atoms with E-state index in [1.807, 2.05) is 24.3 Å². The average molecular weight is 293 g/mol. The molecule has 1 aromatic rings. The molecule has 0 bridgehead atoms. The molecule has 21 heavy (non-hydrogen) atoms. The molecule has 0 aliphatic heterocycles. The molecular formula is C16H23NO4. The number of carbonyl (C=O) groups is 1. The lowest BCUT2D eigenvalue weighted by Crippen LogP contribution is -2.35. The molecule has 0 unspecified atom stereocenters. The predicted molar refractivity (Wildman–Crippen MR) is 78.9 cm³/mol. The third-order valence-corrected chi connectivity index (χ3v) is 3.70. The van der Waals surface area contributed by atoms with Crippen LogP contribution in [0.15, 0.2) is 24.3 Å². The number of rotatable bonds is 8. The molecule has 0 saturated heterocycles. The number of hydrogen-bond donors (Lipinski definition) is 2. The van der Waals surface area contributed by atoms with Crippen molar-refractivity contribution in [2.24, 2.45) is 11.8 Å². The minimum atomic E-state index is -0.679. The highest BCUT2D eigenvalue weighted by atomic mass is 16.5. The zero-order valence-corrected chi connectivity index (χ0v) is 12.5. The van der Waals surface area contributed by atoms with Gasteiger partial charge < -0.3 is 19.9 Å². The second kappa shape index (κ2) is 7.43. The van der Waals surface area contributed by atoms with E-state index in [2.05, 4.69) is 12.2 Å². The van der Waals surface area contributed by atoms with Crippen LogP contribution in [-0.2, 0) is 16.1 Å². The first-order chi connectivity index (χ1) is 10.1. The van der Waals surface area contributed by atoms with Crippen LogP contribution in [0.4, 0.5) is 0 Å². The Kier molecular flexibility index (Phi) is 5.59. The summed E-state index contributed by atoms with van der Waals surface area (Å²) in [7, 11) is 1.62. The molecule has 5 nitrogen and oxygen atoms in total. The summed E-state index contributed by atoms with van der Waals surface area (Å²) in [5.41, 5.74) is 1.01. The Balaban J connectivity index is 1.60. The Morgan fingerprint density at radius 3 is 2.67 bits per heavy atom. The molecule has 1 saturated carbocycles. The van der Waals surface area contributed by atoms with Gasteiger partial charge in [-0.15, -0.1) is 0 Å². The molecule has 3 atom stereocenters. The van der Waals surface area contributed by atoms with Crippen LogP contribution in [-0.4, -0.2) is 37.4 Å². The van der Waals surface area contributed by atoms with Gasteiger partial charge in [0.25, 0.3) is 0 Å². The highest BCUT2D eigenvalue weighted by Crippen LogP contribution is 2.37. The Labute approximate surface area is 125 Å². The predicted octanol–water partition coefficient (Wildman–Crippen LogP) is 1.34. The van der Waals surface area contributed by atoms with Gasteiger partial charge in [-0.3, -0.25) is 4.79 Å². The summed E-state index contributed by atoms with van der Waals surface area (Å²) in [6.07, 6.45) is 0.275. The SMILES string of the molecule is COc1ccc(COC[C@H](O)CNC(=O)[C@@H]2C[C@H]2C)cc1. The van der Waals surface area contributed by atoms with E-state index in [1.54, 1.807) is 7.11 Å². The van der Waals surface area contributed by atoms with Gasteiger partial charge in [-0.25, -0.2) is 0 Å². The first kappa shape index (κ1) is 15.8. The number of ether oxygens (including phenoxy) is 2. The maximum Gasteiger partial charge on any atom is 0.223 e. The Morgan fingerprint density at radius 2 is 2.10 bits per heavy atom. The third kappa shape index (κ3) is 5.02. The van der Waals surface area contributed by atoms with E-state index in [-0.39, 0.29) is 25.0 Å². The number of methoxy groups -OCH3 is 1. The van der Waals surface area contributed by atoms with Gasteiger partial charge in [0.1, 0.15) is 5.75 Å². The lowest BCUT2D eigenvalue weighted by atomic mass is 10.2. The van der Waals surface area contributed by atoms with Gasteiger partial charge in [0, 0.05) is 12.5 Å². The van der Waals surface area contributed by atoms with E-state index in [9.17, 15) is 9.90 Å². The second-order valence-electron chi connectivity index (χ2n) is 5.58. The molecule has 2 N–H and O–H groups in total. The fourth-order valence-corrected chi connectivity index (χ4v) is 2.13. The normalized spacial score (nSPS) is 21.7. The minimum Gasteiger partial charge on any atom is -0.497 e. The molecule has 5 heteroatoms. The van der Waals surface area contributed by atoms with Crippen molar-refractivity contribution in [3.8, 4) is 5.75 Å². The number of carbonyl (C=O) groups excluding carboxylic acids is 1. The maximum absolute atomic E-state index is 11.6. The molecule has 0 heterocycles. The zero-order valence-electron chi connectivity index (χ0n) is 12.5. The van der Waals surface area contributed by atoms with E-state index in [1.165, 1.54) is 0 Å². The summed E-state index contributed by atoms with van der Waals surface area (Å²) < 4.78 is 10.5. The van der Waals surface area contributed by atoms with Crippen LogP contribution >= 0.6 is 0 Å². The van der Waals surface area contributed by atoms with Crippen LogP contribution in [0.25, 0.3) is 0 Å². The molecule has 1 aliphatic carbocycles. The average Bonchev–Trinajstić information content (AvgIpc) is 3.22. The van der Waals surface area contributed by atoms with Crippen LogP contribution in [0.2, 0.25) is 0 Å². The quantitative estimate of drug-likeness (QED) is 0.759. The number of aliphatic hydroxyl groups excluding tert-OH is 1. The standard InChI is InChI=1S/C16H23NO4/c1-11-7-15(11)16(19)17-8-13(18)10-21-9-12-3-5-14(20-2)6-4-12/h3-6,11,13,15,18H,7-10H2,1-2H3,(H,17,19)/t11-,13-,15-/m1/s1. The van der Waals surface area contributed by atoms with Crippen molar-refractivity contribution in [3.05, 3.63) is 29.8 Å². The van der Waals surface area contributed by atoms with Gasteiger partial charge >= 0.3 is 0 Å². The number of amides is 1. The summed E-state index contributed by atoms with van der Waals surface area (Å²) in [4.78, 5) is 11.6. The molecule has 1 amide bonds. The number of nitrogens with one attached hydrogen (secondary N) is 1. The van der Waals surface area contributed by atoms with E-state index in [4.69, 9.17) is 9.47 Å². The second-order valence-corrected chi connectivity index (χ2v) is 5.58. The first-order valence-corrected chi connectivity index (χ1v) is 7.26. The van der Waals surface area contributed by atoms with Gasteiger partial charge in [0.05, 0.1) is 26.4 Å². The van der Waals surface area contributed by atoms with Gasteiger partial charge in [-0.1, -0.05) is 19.1 Å². The number of hydrogen-bond acceptors (Lipinski definition) is 4. The fraction of sp³-hybridized carbons (Fsp3) is 0.562. The van der Waals surface area contributed by atoms with Gasteiger partial charge in [-0.05, 0) is 30.0 Å². The summed E-state index contributed by atoms with van der Waals surface area (Å²) >= 11 is 0. The summed E-state index contributed by atoms with van der Waals surface area (Å²) in [6, 6.07) is 7.57. The lowest BCUT2D eigenvalue weighted by Gasteiger charge is -2.12. The largest absolute Gasteiger partial charge is 0.497 e. The summed E-state index contributed by atoms with van der Waals surface area (Å²) in [6.45, 7) is 2.92. The van der Waals surface area contributed by atoms with Crippen LogP contribution in [0.3, 0.4) is 0 Å². The third-order valence-electron chi connectivity index (χ3n) is 3.70. The maximum atomic E-state index is 11.6. The highest BCUT2D eigenvalue weighted by Gasteiger charge is 2.38. The van der Waals surface area contributed by atoms with E-state index >= 15 is 0 Å². The molecule has 0 radical (unpaired) electrons. The van der Waals surface area contributed by atoms with Gasteiger partial charge in [0.15, 0.2) is 0 Å². The van der Waals surface area contributed by atoms with Gasteiger partial charge in [-0.2, -0.15) is 0 Å². The van der Waals surface area contributed by atoms with Crippen molar-refractivity contribution < 1.29 is 19.4 Å². The Bertz CT molecular complexity index is 460. The van der Waals surface area contributed by atoms with Crippen molar-refractivity contribution >= 4 is 5.91 Å². The molecule has 0 spiro atoms. The number of benzene rings is 1. The topological polar surface area (TPSA) is 67.8 Å². The van der Waals surface area contributed by atoms with E-state index in [0.717, 1.165) is 17.7 Å². The van der Waals surface area contributed by atoms with E-state index in [0.29, 0.717) is 12.5 Å². The molecular weight excluding hydrogens is 270 g/mol. The van der Waals surface area contributed by atoms with Crippen LogP contribution in [0, 0.1) is 11.8 Å². The van der Waals surface area contributed by atoms with Crippen molar-refractivity contribution in [2.75, 3.05) is 20.3 Å². The van der Waals surface area contributed by atoms with Gasteiger partial charge in [0.2, 0.25) is 5.91 Å². The van der Waals surface area contributed by atoms with Crippen LogP contribution < -0.4 is 10.1 Å². The summed E-state index contributed by atoms with van der Waals surface area (Å²) in [5, 5.41) is 12.5. The first-order valence-electron chi connectivity index (χ1n) is 7.26. The van der Waals surface area contributed by atoms with Crippen molar-refractivity contribution in [1.82, 2.24) is 5.32 Å². The van der Waals surface area contributed by atoms with E-state index < -0.39 is 6.10 Å². The van der Waals surface area contributed by atoms with Crippen LogP contribution in [0.5, 0.6) is 5.75 Å². The molecule has 116 valence electrons. The summed E-state index contributed by atoms with van der Waals surface area (Å²) in [5.74, 6) is 1.46. The number of aliphatic hydroxyl groups is 1. The Hall–Kier alpha value is -1.59. The highest BCUT2D eigenvalue weighted by molar-refractivity contribution is 5.81. The lowest BCUT2D eigenvalue weighted by molar-refractivity contribution is -0.123. The minimum absolute atomic E-state index is 0.0386. The molecule has 1 aliphatic rings. The van der Waals surface area contributed by atoms with Crippen molar-refractivity contribution in [2.45, 2.75) is 26.1 Å². The zero-order chi connectivity index (χ0) is 15.2. The fourth-order valence-electron chi connectivity index (χ4n) is 2.13. The molecule has 2 rings (SSSR count). The molecule has 1 aromatic carbocycles.